The van der Waals surface area contributed by atoms with Crippen LogP contribution in [0.5, 0.6) is 0 Å². The number of nitriles is 1. The first kappa shape index (κ1) is 11.9. The van der Waals surface area contributed by atoms with Crippen LogP contribution in [0.25, 0.3) is 0 Å². The summed E-state index contributed by atoms with van der Waals surface area (Å²) in [6.45, 7) is 4.07. The van der Waals surface area contributed by atoms with Crippen LogP contribution in [0, 0.1) is 23.1 Å². The minimum absolute atomic E-state index is 0.183. The summed E-state index contributed by atoms with van der Waals surface area (Å²) in [5.41, 5.74) is 0.935. The molecule has 1 aliphatic heterocycles. The molecule has 1 aromatic carbocycles. The van der Waals surface area contributed by atoms with Crippen molar-refractivity contribution in [2.75, 3.05) is 18.0 Å². The molecule has 0 radical (unpaired) electrons. The van der Waals surface area contributed by atoms with Gasteiger partial charge in [-0.1, -0.05) is 19.4 Å². The Morgan fingerprint density at radius 2 is 2.12 bits per heavy atom. The second kappa shape index (κ2) is 5.18. The third kappa shape index (κ3) is 2.41. The maximum Gasteiger partial charge on any atom is 0.143 e. The number of hydrogen-bond donors (Lipinski definition) is 0. The molecule has 90 valence electrons. The molecule has 2 nitrogen and oxygen atoms in total. The van der Waals surface area contributed by atoms with Gasteiger partial charge in [-0.25, -0.2) is 4.39 Å². The number of nitrogens with zero attached hydrogens (tertiary/aromatic N) is 2. The van der Waals surface area contributed by atoms with Crippen LogP contribution in [0.15, 0.2) is 18.2 Å². The molecule has 0 atom stereocenters. The lowest BCUT2D eigenvalue weighted by Crippen LogP contribution is -2.34. The van der Waals surface area contributed by atoms with Gasteiger partial charge in [0.2, 0.25) is 0 Å². The minimum atomic E-state index is -0.414. The molecule has 0 unspecified atom stereocenters. The molecule has 1 aromatic rings. The Labute approximate surface area is 102 Å². The highest BCUT2D eigenvalue weighted by Crippen LogP contribution is 2.28. The van der Waals surface area contributed by atoms with Gasteiger partial charge in [0.05, 0.1) is 5.69 Å². The van der Waals surface area contributed by atoms with Crippen molar-refractivity contribution >= 4 is 5.69 Å². The van der Waals surface area contributed by atoms with Gasteiger partial charge in [-0.05, 0) is 30.9 Å². The lowest BCUT2D eigenvalue weighted by molar-refractivity contribution is 0.395. The Bertz CT molecular complexity index is 428. The van der Waals surface area contributed by atoms with Gasteiger partial charge >= 0.3 is 0 Å². The lowest BCUT2D eigenvalue weighted by Gasteiger charge is -2.33. The zero-order valence-corrected chi connectivity index (χ0v) is 10.1. The van der Waals surface area contributed by atoms with E-state index in [0.29, 0.717) is 0 Å². The molecule has 0 aromatic heterocycles. The summed E-state index contributed by atoms with van der Waals surface area (Å²) in [5, 5.41) is 9.01. The summed E-state index contributed by atoms with van der Waals surface area (Å²) < 4.78 is 13.5. The summed E-state index contributed by atoms with van der Waals surface area (Å²) in [6.07, 6.45) is 3.48. The predicted octanol–water partition coefficient (Wildman–Crippen LogP) is 3.32. The quantitative estimate of drug-likeness (QED) is 0.782. The number of halogens is 1. The van der Waals surface area contributed by atoms with Crippen LogP contribution in [0.1, 0.15) is 31.7 Å². The molecule has 1 aliphatic rings. The van der Waals surface area contributed by atoms with Crippen LogP contribution in [-0.2, 0) is 0 Å². The van der Waals surface area contributed by atoms with Crippen molar-refractivity contribution in [1.29, 1.82) is 5.26 Å². The molecule has 0 saturated carbocycles. The third-order valence-electron chi connectivity index (χ3n) is 3.64. The molecule has 1 saturated heterocycles. The first-order valence-electron chi connectivity index (χ1n) is 6.19. The van der Waals surface area contributed by atoms with Crippen LogP contribution in [-0.4, -0.2) is 13.1 Å². The zero-order chi connectivity index (χ0) is 12.3. The van der Waals surface area contributed by atoms with Crippen molar-refractivity contribution in [2.45, 2.75) is 26.2 Å². The first-order valence-corrected chi connectivity index (χ1v) is 6.19. The van der Waals surface area contributed by atoms with Gasteiger partial charge in [0.25, 0.3) is 0 Å². The van der Waals surface area contributed by atoms with Gasteiger partial charge in [0.15, 0.2) is 0 Å². The molecule has 0 amide bonds. The molecule has 0 spiro atoms. The predicted molar refractivity (Wildman–Crippen MR) is 66.3 cm³/mol. The maximum absolute atomic E-state index is 13.5. The fraction of sp³-hybridized carbons (Fsp3) is 0.500. The molecular formula is C14H17FN2. The van der Waals surface area contributed by atoms with Crippen molar-refractivity contribution < 1.29 is 4.39 Å². The van der Waals surface area contributed by atoms with E-state index in [-0.39, 0.29) is 5.56 Å². The molecule has 17 heavy (non-hydrogen) atoms. The molecule has 0 bridgehead atoms. The van der Waals surface area contributed by atoms with Gasteiger partial charge < -0.3 is 4.90 Å². The van der Waals surface area contributed by atoms with Gasteiger partial charge in [0.1, 0.15) is 17.4 Å². The number of piperidine rings is 1. The second-order valence-corrected chi connectivity index (χ2v) is 4.58. The summed E-state index contributed by atoms with van der Waals surface area (Å²) in [6, 6.07) is 6.84. The highest BCUT2D eigenvalue weighted by atomic mass is 19.1. The van der Waals surface area contributed by atoms with E-state index in [1.54, 1.807) is 6.07 Å². The largest absolute Gasteiger partial charge is 0.370 e. The number of rotatable bonds is 2. The van der Waals surface area contributed by atoms with Gasteiger partial charge in [-0.15, -0.1) is 0 Å². The van der Waals surface area contributed by atoms with Crippen LogP contribution in [0.3, 0.4) is 0 Å². The Kier molecular flexibility index (Phi) is 3.63. The van der Waals surface area contributed by atoms with Crippen LogP contribution < -0.4 is 4.90 Å². The highest BCUT2D eigenvalue weighted by molar-refractivity contribution is 5.60. The van der Waals surface area contributed by atoms with E-state index in [1.807, 2.05) is 12.1 Å². The van der Waals surface area contributed by atoms with E-state index in [1.165, 1.54) is 12.5 Å². The summed E-state index contributed by atoms with van der Waals surface area (Å²) >= 11 is 0. The SMILES string of the molecule is CCC1CCN(c2cccc(F)c2C#N)CC1. The molecule has 1 heterocycles. The van der Waals surface area contributed by atoms with Crippen molar-refractivity contribution in [1.82, 2.24) is 0 Å². The van der Waals surface area contributed by atoms with Crippen molar-refractivity contribution in [3.8, 4) is 6.07 Å². The van der Waals surface area contributed by atoms with Gasteiger partial charge in [-0.2, -0.15) is 5.26 Å². The first-order chi connectivity index (χ1) is 8.26. The van der Waals surface area contributed by atoms with Crippen molar-refractivity contribution in [3.05, 3.63) is 29.6 Å². The van der Waals surface area contributed by atoms with Gasteiger partial charge in [0, 0.05) is 13.1 Å². The normalized spacial score (nSPS) is 16.9. The zero-order valence-electron chi connectivity index (χ0n) is 10.1. The van der Waals surface area contributed by atoms with E-state index >= 15 is 0 Å². The van der Waals surface area contributed by atoms with Crippen LogP contribution in [0.4, 0.5) is 10.1 Å². The molecule has 1 fully saturated rings. The summed E-state index contributed by atoms with van der Waals surface area (Å²) in [4.78, 5) is 2.13. The summed E-state index contributed by atoms with van der Waals surface area (Å²) in [7, 11) is 0. The maximum atomic E-state index is 13.5. The number of anilines is 1. The number of hydrogen-bond acceptors (Lipinski definition) is 2. The Hall–Kier alpha value is -1.56. The second-order valence-electron chi connectivity index (χ2n) is 4.58. The van der Waals surface area contributed by atoms with E-state index in [0.717, 1.165) is 37.5 Å². The molecule has 2 rings (SSSR count). The van der Waals surface area contributed by atoms with Gasteiger partial charge in [-0.3, -0.25) is 0 Å². The number of benzene rings is 1. The average molecular weight is 232 g/mol. The van der Waals surface area contributed by atoms with Crippen LogP contribution >= 0.6 is 0 Å². The Morgan fingerprint density at radius 3 is 2.71 bits per heavy atom. The highest BCUT2D eigenvalue weighted by Gasteiger charge is 2.21. The molecule has 3 heteroatoms. The topological polar surface area (TPSA) is 27.0 Å². The fourth-order valence-electron chi connectivity index (χ4n) is 2.47. The lowest BCUT2D eigenvalue weighted by atomic mass is 9.94. The summed E-state index contributed by atoms with van der Waals surface area (Å²) in [5.74, 6) is 0.368. The molecular weight excluding hydrogens is 215 g/mol. The monoisotopic (exact) mass is 232 g/mol. The standard InChI is InChI=1S/C14H17FN2/c1-2-11-6-8-17(9-7-11)14-5-3-4-13(15)12(14)10-16/h3-5,11H,2,6-9H2,1H3. The van der Waals surface area contributed by atoms with E-state index in [4.69, 9.17) is 5.26 Å². The minimum Gasteiger partial charge on any atom is -0.370 e. The molecule has 0 N–H and O–H groups in total. The fourth-order valence-corrected chi connectivity index (χ4v) is 2.47. The van der Waals surface area contributed by atoms with E-state index < -0.39 is 5.82 Å². The van der Waals surface area contributed by atoms with E-state index in [9.17, 15) is 4.39 Å². The Balaban J connectivity index is 2.19. The smallest absolute Gasteiger partial charge is 0.143 e. The third-order valence-corrected chi connectivity index (χ3v) is 3.64. The van der Waals surface area contributed by atoms with Crippen molar-refractivity contribution in [3.63, 3.8) is 0 Å². The average Bonchev–Trinajstić information content (AvgIpc) is 2.38. The Morgan fingerprint density at radius 1 is 1.41 bits per heavy atom. The van der Waals surface area contributed by atoms with Crippen LogP contribution in [0.2, 0.25) is 0 Å². The van der Waals surface area contributed by atoms with Crippen molar-refractivity contribution in [2.24, 2.45) is 5.92 Å². The van der Waals surface area contributed by atoms with E-state index in [2.05, 4.69) is 11.8 Å². The molecule has 0 aliphatic carbocycles.